The molecule has 0 fully saturated rings. The summed E-state index contributed by atoms with van der Waals surface area (Å²) in [6.45, 7) is 1.07. The van der Waals surface area contributed by atoms with Crippen LogP contribution >= 0.6 is 0 Å². The molecule has 0 aromatic heterocycles. The first-order chi connectivity index (χ1) is 8.19. The molecule has 9 heteroatoms. The second-order valence-corrected chi connectivity index (χ2v) is 3.17. The lowest BCUT2D eigenvalue weighted by Crippen LogP contribution is -2.17. The van der Waals surface area contributed by atoms with E-state index in [2.05, 4.69) is 10.1 Å². The van der Waals surface area contributed by atoms with E-state index in [1.54, 1.807) is 0 Å². The molecular weight excluding hydrogens is 257 g/mol. The number of carbonyl (C=O) groups excluding carboxylic acids is 1. The second-order valence-electron chi connectivity index (χ2n) is 3.17. The average Bonchev–Trinajstić information content (AvgIpc) is 2.13. The van der Waals surface area contributed by atoms with Gasteiger partial charge >= 0.3 is 6.36 Å². The number of hydrogen-bond donors (Lipinski definition) is 1. The number of nitrogens with zero attached hydrogens (tertiary/aromatic N) is 1. The molecule has 98 valence electrons. The van der Waals surface area contributed by atoms with Crippen molar-refractivity contribution in [3.8, 4) is 5.75 Å². The number of nitrogens with one attached hydrogen (secondary N) is 1. The average molecular weight is 264 g/mol. The Hall–Kier alpha value is -2.32. The topological polar surface area (TPSA) is 81.5 Å². The number of alkyl halides is 3. The molecule has 0 atom stereocenters. The smallest absolute Gasteiger partial charge is 0.406 e. The Morgan fingerprint density at radius 1 is 1.44 bits per heavy atom. The first-order valence-corrected chi connectivity index (χ1v) is 4.51. The molecule has 0 radical (unpaired) electrons. The van der Waals surface area contributed by atoms with Crippen LogP contribution < -0.4 is 10.1 Å². The molecule has 0 saturated heterocycles. The minimum absolute atomic E-state index is 0.366. The monoisotopic (exact) mass is 264 g/mol. The van der Waals surface area contributed by atoms with Gasteiger partial charge in [0.1, 0.15) is 11.4 Å². The number of rotatable bonds is 3. The molecule has 0 spiro atoms. The van der Waals surface area contributed by atoms with Gasteiger partial charge in [0.05, 0.1) is 4.92 Å². The number of hydrogen-bond acceptors (Lipinski definition) is 4. The molecule has 0 aliphatic carbocycles. The van der Waals surface area contributed by atoms with Gasteiger partial charge in [-0.15, -0.1) is 13.2 Å². The van der Waals surface area contributed by atoms with Crippen LogP contribution in [-0.4, -0.2) is 17.2 Å². The molecule has 0 unspecified atom stereocenters. The molecule has 0 heterocycles. The quantitative estimate of drug-likeness (QED) is 0.671. The van der Waals surface area contributed by atoms with E-state index in [1.807, 2.05) is 0 Å². The van der Waals surface area contributed by atoms with E-state index in [0.717, 1.165) is 25.1 Å². The van der Waals surface area contributed by atoms with Crippen LogP contribution in [0, 0.1) is 10.1 Å². The van der Waals surface area contributed by atoms with Crippen molar-refractivity contribution < 1.29 is 27.6 Å². The maximum atomic E-state index is 12.0. The first-order valence-electron chi connectivity index (χ1n) is 4.51. The summed E-state index contributed by atoms with van der Waals surface area (Å²) >= 11 is 0. The highest BCUT2D eigenvalue weighted by Crippen LogP contribution is 2.31. The lowest BCUT2D eigenvalue weighted by atomic mass is 10.2. The predicted octanol–water partition coefficient (Wildman–Crippen LogP) is 2.45. The van der Waals surface area contributed by atoms with Gasteiger partial charge in [0, 0.05) is 19.1 Å². The zero-order chi connectivity index (χ0) is 13.9. The summed E-state index contributed by atoms with van der Waals surface area (Å²) in [5, 5.41) is 12.6. The summed E-state index contributed by atoms with van der Waals surface area (Å²) in [6, 6.07) is 2.33. The molecular formula is C9H7F3N2O4. The Bertz CT molecular complexity index is 487. The zero-order valence-electron chi connectivity index (χ0n) is 8.95. The molecule has 0 saturated carbocycles. The van der Waals surface area contributed by atoms with Crippen molar-refractivity contribution in [3.63, 3.8) is 0 Å². The van der Waals surface area contributed by atoms with Crippen molar-refractivity contribution in [2.24, 2.45) is 0 Å². The third-order valence-electron chi connectivity index (χ3n) is 1.71. The molecule has 1 N–H and O–H groups in total. The number of halogens is 3. The number of amides is 1. The maximum Gasteiger partial charge on any atom is 0.573 e. The lowest BCUT2D eigenvalue weighted by Gasteiger charge is -2.10. The van der Waals surface area contributed by atoms with E-state index in [1.165, 1.54) is 0 Å². The lowest BCUT2D eigenvalue weighted by molar-refractivity contribution is -0.384. The standard InChI is InChI=1S/C9H7F3N2O4/c1-5(15)13-7-4-6(18-9(10,11)12)2-3-8(7)14(16)17/h2-4H,1H3,(H,13,15). The summed E-state index contributed by atoms with van der Waals surface area (Å²) in [7, 11) is 0. The molecule has 0 aliphatic heterocycles. The van der Waals surface area contributed by atoms with Crippen LogP contribution in [0.3, 0.4) is 0 Å². The van der Waals surface area contributed by atoms with Crippen LogP contribution in [0.15, 0.2) is 18.2 Å². The van der Waals surface area contributed by atoms with Crippen molar-refractivity contribution in [1.29, 1.82) is 0 Å². The highest BCUT2D eigenvalue weighted by Gasteiger charge is 2.31. The summed E-state index contributed by atoms with van der Waals surface area (Å²) in [4.78, 5) is 20.5. The minimum atomic E-state index is -4.91. The Morgan fingerprint density at radius 2 is 2.06 bits per heavy atom. The highest BCUT2D eigenvalue weighted by molar-refractivity contribution is 5.91. The van der Waals surface area contributed by atoms with E-state index in [9.17, 15) is 28.1 Å². The summed E-state index contributed by atoms with van der Waals surface area (Å²) in [5.41, 5.74) is -0.894. The van der Waals surface area contributed by atoms with Crippen molar-refractivity contribution in [2.75, 3.05) is 5.32 Å². The number of carbonyl (C=O) groups is 1. The van der Waals surface area contributed by atoms with Crippen LogP contribution in [0.5, 0.6) is 5.75 Å². The van der Waals surface area contributed by atoms with Gasteiger partial charge in [0.25, 0.3) is 5.69 Å². The molecule has 18 heavy (non-hydrogen) atoms. The highest BCUT2D eigenvalue weighted by atomic mass is 19.4. The molecule has 0 bridgehead atoms. The Morgan fingerprint density at radius 3 is 2.50 bits per heavy atom. The third-order valence-corrected chi connectivity index (χ3v) is 1.71. The fourth-order valence-corrected chi connectivity index (χ4v) is 1.16. The molecule has 1 amide bonds. The van der Waals surface area contributed by atoms with Crippen LogP contribution in [0.25, 0.3) is 0 Å². The predicted molar refractivity (Wildman–Crippen MR) is 54.1 cm³/mol. The van der Waals surface area contributed by atoms with Gasteiger partial charge in [0.2, 0.25) is 5.91 Å². The van der Waals surface area contributed by atoms with Crippen molar-refractivity contribution in [1.82, 2.24) is 0 Å². The molecule has 6 nitrogen and oxygen atoms in total. The SMILES string of the molecule is CC(=O)Nc1cc(OC(F)(F)F)ccc1[N+](=O)[O-]. The number of nitro benzene ring substituents is 1. The van der Waals surface area contributed by atoms with Crippen molar-refractivity contribution in [2.45, 2.75) is 13.3 Å². The van der Waals surface area contributed by atoms with Gasteiger partial charge < -0.3 is 10.1 Å². The number of anilines is 1. The summed E-state index contributed by atoms with van der Waals surface area (Å²) < 4.78 is 39.4. The normalized spacial score (nSPS) is 10.9. The van der Waals surface area contributed by atoms with Gasteiger partial charge in [-0.25, -0.2) is 0 Å². The summed E-state index contributed by atoms with van der Waals surface area (Å²) in [5.74, 6) is -1.31. The fourth-order valence-electron chi connectivity index (χ4n) is 1.16. The third kappa shape index (κ3) is 3.92. The van der Waals surface area contributed by atoms with E-state index >= 15 is 0 Å². The maximum absolute atomic E-state index is 12.0. The molecule has 1 rings (SSSR count). The number of ether oxygens (including phenoxy) is 1. The van der Waals surface area contributed by atoms with E-state index < -0.39 is 28.6 Å². The largest absolute Gasteiger partial charge is 0.573 e. The summed E-state index contributed by atoms with van der Waals surface area (Å²) in [6.07, 6.45) is -4.91. The molecule has 1 aromatic carbocycles. The number of benzene rings is 1. The Labute approximate surface area is 98.5 Å². The minimum Gasteiger partial charge on any atom is -0.406 e. The van der Waals surface area contributed by atoms with Gasteiger partial charge in [0.15, 0.2) is 0 Å². The van der Waals surface area contributed by atoms with Crippen molar-refractivity contribution >= 4 is 17.3 Å². The molecule has 0 aliphatic rings. The van der Waals surface area contributed by atoms with E-state index in [4.69, 9.17) is 0 Å². The number of nitro groups is 1. The van der Waals surface area contributed by atoms with Crippen LogP contribution in [0.2, 0.25) is 0 Å². The van der Waals surface area contributed by atoms with Crippen LogP contribution in [-0.2, 0) is 4.79 Å². The first kappa shape index (κ1) is 13.7. The van der Waals surface area contributed by atoms with E-state index in [0.29, 0.717) is 0 Å². The zero-order valence-corrected chi connectivity index (χ0v) is 8.95. The second kappa shape index (κ2) is 4.90. The van der Waals surface area contributed by atoms with Crippen molar-refractivity contribution in [3.05, 3.63) is 28.3 Å². The fraction of sp³-hybridized carbons (Fsp3) is 0.222. The van der Waals surface area contributed by atoms with Crippen LogP contribution in [0.4, 0.5) is 24.5 Å². The van der Waals surface area contributed by atoms with Gasteiger partial charge in [-0.1, -0.05) is 0 Å². The van der Waals surface area contributed by atoms with E-state index in [-0.39, 0.29) is 5.69 Å². The van der Waals surface area contributed by atoms with Gasteiger partial charge in [-0.05, 0) is 6.07 Å². The van der Waals surface area contributed by atoms with Crippen LogP contribution in [0.1, 0.15) is 6.92 Å². The van der Waals surface area contributed by atoms with Gasteiger partial charge in [-0.2, -0.15) is 0 Å². The Kier molecular flexibility index (Phi) is 3.74. The molecule has 1 aromatic rings. The van der Waals surface area contributed by atoms with Gasteiger partial charge in [-0.3, -0.25) is 14.9 Å². The Balaban J connectivity index is 3.12.